The summed E-state index contributed by atoms with van der Waals surface area (Å²) < 4.78 is 28.5. The van der Waals surface area contributed by atoms with E-state index in [2.05, 4.69) is 25.5 Å². The number of aryl methyl sites for hydroxylation is 2. The van der Waals surface area contributed by atoms with E-state index in [-0.39, 0.29) is 25.5 Å². The van der Waals surface area contributed by atoms with Crippen LogP contribution in [-0.2, 0) is 6.61 Å². The lowest BCUT2D eigenvalue weighted by atomic mass is 9.92. The number of alkyl halides is 2. The molecule has 1 aliphatic carbocycles. The number of nitrogens with one attached hydrogen (secondary N) is 1. The van der Waals surface area contributed by atoms with Crippen LogP contribution >= 0.6 is 0 Å². The standard InChI is InChI=1S/C21H24F2N6O/c1-13-9-17(27-28-20(13)25-15-5-7-21(22,23)8-6-15)16-3-4-19(18(11-30)26-16)29-10-14(2)24-12-29/h3-4,9-10,12,15,30H,5-8,11H2,1-2H3,(H,25,28). The summed E-state index contributed by atoms with van der Waals surface area (Å²) >= 11 is 0. The van der Waals surface area contributed by atoms with Crippen LogP contribution in [0.15, 0.2) is 30.7 Å². The van der Waals surface area contributed by atoms with Crippen LogP contribution in [0.4, 0.5) is 14.6 Å². The second-order valence-electron chi connectivity index (χ2n) is 7.78. The summed E-state index contributed by atoms with van der Waals surface area (Å²) in [6.07, 6.45) is 4.15. The highest BCUT2D eigenvalue weighted by molar-refractivity contribution is 5.60. The van der Waals surface area contributed by atoms with Gasteiger partial charge in [-0.1, -0.05) is 0 Å². The van der Waals surface area contributed by atoms with Crippen LogP contribution in [0.1, 0.15) is 42.6 Å². The first-order valence-corrected chi connectivity index (χ1v) is 9.95. The number of imidazole rings is 1. The van der Waals surface area contributed by atoms with E-state index < -0.39 is 5.92 Å². The second-order valence-corrected chi connectivity index (χ2v) is 7.78. The molecule has 0 saturated heterocycles. The molecule has 0 atom stereocenters. The number of hydrogen-bond acceptors (Lipinski definition) is 6. The van der Waals surface area contributed by atoms with Crippen LogP contribution in [0, 0.1) is 13.8 Å². The largest absolute Gasteiger partial charge is 0.390 e. The summed E-state index contributed by atoms with van der Waals surface area (Å²) in [7, 11) is 0. The highest BCUT2D eigenvalue weighted by Gasteiger charge is 2.35. The van der Waals surface area contributed by atoms with Crippen molar-refractivity contribution in [2.24, 2.45) is 0 Å². The Labute approximate surface area is 173 Å². The zero-order chi connectivity index (χ0) is 21.3. The number of rotatable bonds is 5. The molecule has 0 unspecified atom stereocenters. The zero-order valence-electron chi connectivity index (χ0n) is 16.9. The van der Waals surface area contributed by atoms with Gasteiger partial charge in [0, 0.05) is 25.1 Å². The number of aliphatic hydroxyl groups excluding tert-OH is 1. The summed E-state index contributed by atoms with van der Waals surface area (Å²) in [6.45, 7) is 3.57. The van der Waals surface area contributed by atoms with E-state index >= 15 is 0 Å². The van der Waals surface area contributed by atoms with Gasteiger partial charge in [-0.15, -0.1) is 10.2 Å². The molecule has 3 heterocycles. The Morgan fingerprint density at radius 2 is 1.93 bits per heavy atom. The molecule has 9 heteroatoms. The number of halogens is 2. The molecule has 0 radical (unpaired) electrons. The number of hydrogen-bond donors (Lipinski definition) is 2. The maximum absolute atomic E-state index is 13.4. The molecule has 2 N–H and O–H groups in total. The van der Waals surface area contributed by atoms with E-state index in [1.54, 1.807) is 6.33 Å². The van der Waals surface area contributed by atoms with Gasteiger partial charge < -0.3 is 15.0 Å². The third-order valence-corrected chi connectivity index (χ3v) is 5.39. The van der Waals surface area contributed by atoms with Gasteiger partial charge in [-0.05, 0) is 50.5 Å². The molecule has 0 amide bonds. The van der Waals surface area contributed by atoms with Crippen molar-refractivity contribution >= 4 is 5.82 Å². The first kappa shape index (κ1) is 20.3. The summed E-state index contributed by atoms with van der Waals surface area (Å²) in [6, 6.07) is 5.52. The van der Waals surface area contributed by atoms with Crippen LogP contribution in [0.25, 0.3) is 17.1 Å². The maximum Gasteiger partial charge on any atom is 0.248 e. The van der Waals surface area contributed by atoms with Crippen molar-refractivity contribution < 1.29 is 13.9 Å². The number of pyridine rings is 1. The fourth-order valence-electron chi connectivity index (χ4n) is 3.67. The highest BCUT2D eigenvalue weighted by Crippen LogP contribution is 2.34. The fourth-order valence-corrected chi connectivity index (χ4v) is 3.67. The predicted octanol–water partition coefficient (Wildman–Crippen LogP) is 3.82. The molecule has 4 rings (SSSR count). The van der Waals surface area contributed by atoms with Gasteiger partial charge in [0.2, 0.25) is 5.92 Å². The third kappa shape index (κ3) is 4.30. The molecule has 1 fully saturated rings. The molecular formula is C21H24F2N6O. The van der Waals surface area contributed by atoms with Crippen LogP contribution in [0.5, 0.6) is 0 Å². The van der Waals surface area contributed by atoms with E-state index in [4.69, 9.17) is 0 Å². The van der Waals surface area contributed by atoms with Gasteiger partial charge in [0.15, 0.2) is 5.82 Å². The van der Waals surface area contributed by atoms with E-state index in [1.165, 1.54) is 0 Å². The minimum Gasteiger partial charge on any atom is -0.390 e. The minimum atomic E-state index is -2.56. The Morgan fingerprint density at radius 3 is 2.57 bits per heavy atom. The van der Waals surface area contributed by atoms with Crippen LogP contribution in [-0.4, -0.2) is 41.8 Å². The average Bonchev–Trinajstić information content (AvgIpc) is 3.16. The number of aliphatic hydroxyl groups is 1. The van der Waals surface area contributed by atoms with Crippen molar-refractivity contribution in [2.45, 2.75) is 58.1 Å². The van der Waals surface area contributed by atoms with Crippen molar-refractivity contribution in [1.29, 1.82) is 0 Å². The van der Waals surface area contributed by atoms with Gasteiger partial charge in [0.1, 0.15) is 5.69 Å². The quantitative estimate of drug-likeness (QED) is 0.660. The SMILES string of the molecule is Cc1cn(-c2ccc(-c3cc(C)c(NC4CCC(F)(F)CC4)nn3)nc2CO)cn1. The van der Waals surface area contributed by atoms with Gasteiger partial charge >= 0.3 is 0 Å². The summed E-state index contributed by atoms with van der Waals surface area (Å²) in [5.41, 5.74) is 4.16. The maximum atomic E-state index is 13.4. The van der Waals surface area contributed by atoms with Gasteiger partial charge in [-0.3, -0.25) is 0 Å². The van der Waals surface area contributed by atoms with Crippen molar-refractivity contribution in [3.8, 4) is 17.1 Å². The molecule has 1 saturated carbocycles. The lowest BCUT2D eigenvalue weighted by molar-refractivity contribution is -0.0361. The Bertz CT molecular complexity index is 1040. The Morgan fingerprint density at radius 1 is 1.17 bits per heavy atom. The Hall–Kier alpha value is -2.94. The fraction of sp³-hybridized carbons (Fsp3) is 0.429. The molecule has 158 valence electrons. The Balaban J connectivity index is 1.54. The monoisotopic (exact) mass is 414 g/mol. The van der Waals surface area contributed by atoms with Crippen molar-refractivity contribution in [3.05, 3.63) is 47.7 Å². The zero-order valence-corrected chi connectivity index (χ0v) is 16.9. The first-order chi connectivity index (χ1) is 14.3. The first-order valence-electron chi connectivity index (χ1n) is 9.95. The normalized spacial score (nSPS) is 16.6. The van der Waals surface area contributed by atoms with E-state index in [0.29, 0.717) is 35.7 Å². The Kier molecular flexibility index (Phi) is 5.46. The molecule has 0 bridgehead atoms. The number of anilines is 1. The van der Waals surface area contributed by atoms with Crippen molar-refractivity contribution in [2.75, 3.05) is 5.32 Å². The minimum absolute atomic E-state index is 0.0273. The average molecular weight is 414 g/mol. The molecule has 3 aromatic rings. The molecule has 1 aliphatic rings. The van der Waals surface area contributed by atoms with Gasteiger partial charge in [-0.25, -0.2) is 18.7 Å². The second kappa shape index (κ2) is 8.06. The van der Waals surface area contributed by atoms with Gasteiger partial charge in [-0.2, -0.15) is 0 Å². The molecule has 0 spiro atoms. The predicted molar refractivity (Wildman–Crippen MR) is 109 cm³/mol. The van der Waals surface area contributed by atoms with E-state index in [0.717, 1.165) is 16.9 Å². The van der Waals surface area contributed by atoms with Crippen LogP contribution in [0.3, 0.4) is 0 Å². The summed E-state index contributed by atoms with van der Waals surface area (Å²) in [5.74, 6) is -1.96. The molecule has 0 aromatic carbocycles. The lowest BCUT2D eigenvalue weighted by Gasteiger charge is -2.29. The molecule has 7 nitrogen and oxygen atoms in total. The molecule has 0 aliphatic heterocycles. The van der Waals surface area contributed by atoms with E-state index in [1.807, 2.05) is 42.8 Å². The number of aromatic nitrogens is 5. The summed E-state index contributed by atoms with van der Waals surface area (Å²) in [5, 5.41) is 21.5. The van der Waals surface area contributed by atoms with Crippen LogP contribution in [0.2, 0.25) is 0 Å². The van der Waals surface area contributed by atoms with Gasteiger partial charge in [0.25, 0.3) is 0 Å². The summed E-state index contributed by atoms with van der Waals surface area (Å²) in [4.78, 5) is 8.75. The number of nitrogens with zero attached hydrogens (tertiary/aromatic N) is 5. The van der Waals surface area contributed by atoms with Crippen LogP contribution < -0.4 is 5.32 Å². The molecule has 30 heavy (non-hydrogen) atoms. The third-order valence-electron chi connectivity index (χ3n) is 5.39. The molecule has 3 aromatic heterocycles. The highest BCUT2D eigenvalue weighted by atomic mass is 19.3. The topological polar surface area (TPSA) is 88.8 Å². The molecular weight excluding hydrogens is 390 g/mol. The van der Waals surface area contributed by atoms with Crippen molar-refractivity contribution in [3.63, 3.8) is 0 Å². The van der Waals surface area contributed by atoms with E-state index in [9.17, 15) is 13.9 Å². The van der Waals surface area contributed by atoms with Crippen molar-refractivity contribution in [1.82, 2.24) is 24.7 Å². The van der Waals surface area contributed by atoms with Gasteiger partial charge in [0.05, 0.1) is 35.7 Å². The smallest absolute Gasteiger partial charge is 0.248 e. The lowest BCUT2D eigenvalue weighted by Crippen LogP contribution is -2.32.